The lowest BCUT2D eigenvalue weighted by Crippen LogP contribution is -2.36. The van der Waals surface area contributed by atoms with Gasteiger partial charge in [-0.05, 0) is 38.5 Å². The van der Waals surface area contributed by atoms with Gasteiger partial charge in [0.25, 0.3) is 0 Å². The van der Waals surface area contributed by atoms with E-state index < -0.39 is 55.1 Å². The van der Waals surface area contributed by atoms with E-state index in [1.54, 1.807) is 0 Å². The Morgan fingerprint density at radius 2 is 0.404 bits per heavy atom. The van der Waals surface area contributed by atoms with E-state index in [0.717, 1.165) is 77.0 Å². The minimum absolute atomic E-state index is 0.0530. The standard InChI is InChI=1S/C39H60O18/c40-34-25-36(42)54-21-15-48-30-9-3-4-10-31(30)50-17-23-56-38(44)27-39(45)57-24-18-51-33-12-6-5-11-32(33)49-16-22-55-37(43)26-35(41)53-20-14-47-29-8-2-1-7-28(29)46-13-19-52-34/h28-33H,1-27H2/t28-,29-,30-,31-,32-,33-/m1/s1. The van der Waals surface area contributed by atoms with E-state index in [-0.39, 0.29) is 116 Å². The van der Waals surface area contributed by atoms with Gasteiger partial charge in [0.15, 0.2) is 0 Å². The van der Waals surface area contributed by atoms with Crippen molar-refractivity contribution in [3.05, 3.63) is 0 Å². The molecule has 0 amide bonds. The Morgan fingerprint density at radius 1 is 0.246 bits per heavy atom. The van der Waals surface area contributed by atoms with Crippen LogP contribution in [0.15, 0.2) is 0 Å². The van der Waals surface area contributed by atoms with E-state index in [0.29, 0.717) is 0 Å². The van der Waals surface area contributed by atoms with Gasteiger partial charge in [-0.25, -0.2) is 0 Å². The first-order chi connectivity index (χ1) is 27.8. The van der Waals surface area contributed by atoms with Crippen molar-refractivity contribution in [3.8, 4) is 0 Å². The number of rotatable bonds is 0. The highest BCUT2D eigenvalue weighted by atomic mass is 16.6. The van der Waals surface area contributed by atoms with E-state index >= 15 is 0 Å². The molecule has 0 spiro atoms. The maximum Gasteiger partial charge on any atom is 0.317 e. The molecule has 18 heteroatoms. The zero-order valence-electron chi connectivity index (χ0n) is 32.9. The van der Waals surface area contributed by atoms with Gasteiger partial charge in [0.1, 0.15) is 58.9 Å². The molecule has 0 aromatic heterocycles. The van der Waals surface area contributed by atoms with Crippen LogP contribution in [0.2, 0.25) is 0 Å². The Labute approximate surface area is 333 Å². The Balaban J connectivity index is 1.22. The lowest BCUT2D eigenvalue weighted by atomic mass is 9.94. The number of carbonyl (C=O) groups excluding carboxylic acids is 6. The molecule has 0 aromatic rings. The van der Waals surface area contributed by atoms with E-state index in [1.807, 2.05) is 0 Å². The topological polar surface area (TPSA) is 213 Å². The molecule has 57 heavy (non-hydrogen) atoms. The molecule has 1 aliphatic heterocycles. The predicted molar refractivity (Wildman–Crippen MR) is 193 cm³/mol. The minimum Gasteiger partial charge on any atom is -0.463 e. The Kier molecular flexibility index (Phi) is 22.2. The Morgan fingerprint density at radius 3 is 0.561 bits per heavy atom. The number of ether oxygens (including phenoxy) is 12. The van der Waals surface area contributed by atoms with Crippen molar-refractivity contribution >= 4 is 35.8 Å². The Hall–Kier alpha value is -3.42. The molecule has 18 nitrogen and oxygen atoms in total. The maximum atomic E-state index is 12.2. The monoisotopic (exact) mass is 816 g/mol. The molecular weight excluding hydrogens is 756 g/mol. The van der Waals surface area contributed by atoms with Crippen molar-refractivity contribution in [2.75, 3.05) is 79.3 Å². The third kappa shape index (κ3) is 19.3. The SMILES string of the molecule is O=C1CC(=O)OCCO[C@@H]2CCCC[C@H]2OCCOC(=O)CC(=O)OCCO[C@@H]2CCCC[C@H]2OCCOC(=O)CC(=O)OCCO[C@@H]2CCCC[C@H]2OCCO1. The fraction of sp³-hybridized carbons (Fsp3) is 0.846. The number of fused-ring (bicyclic) bond motifs is 3. The second-order valence-corrected chi connectivity index (χ2v) is 14.2. The smallest absolute Gasteiger partial charge is 0.317 e. The normalized spacial score (nSPS) is 30.9. The van der Waals surface area contributed by atoms with Gasteiger partial charge < -0.3 is 56.8 Å². The van der Waals surface area contributed by atoms with Crippen LogP contribution >= 0.6 is 0 Å². The molecule has 6 atom stereocenters. The van der Waals surface area contributed by atoms with Crippen LogP contribution in [-0.2, 0) is 85.6 Å². The second kappa shape index (κ2) is 27.3. The first-order valence-electron chi connectivity index (χ1n) is 20.4. The van der Waals surface area contributed by atoms with Crippen LogP contribution in [0.3, 0.4) is 0 Å². The molecule has 3 saturated carbocycles. The highest BCUT2D eigenvalue weighted by molar-refractivity contribution is 5.92. The Bertz CT molecular complexity index is 1010. The van der Waals surface area contributed by atoms with Gasteiger partial charge in [0.05, 0.1) is 76.3 Å². The van der Waals surface area contributed by atoms with Gasteiger partial charge in [0.2, 0.25) is 0 Å². The van der Waals surface area contributed by atoms with Crippen LogP contribution < -0.4 is 0 Å². The summed E-state index contributed by atoms with van der Waals surface area (Å²) in [5.41, 5.74) is 0. The molecule has 0 aromatic carbocycles. The molecule has 4 aliphatic rings. The highest BCUT2D eigenvalue weighted by Crippen LogP contribution is 2.26. The molecule has 3 aliphatic carbocycles. The van der Waals surface area contributed by atoms with E-state index in [1.165, 1.54) is 0 Å². The number of hydrogen-bond acceptors (Lipinski definition) is 18. The van der Waals surface area contributed by atoms with Gasteiger partial charge >= 0.3 is 35.8 Å². The van der Waals surface area contributed by atoms with Crippen LogP contribution in [-0.4, -0.2) is 152 Å². The molecule has 0 bridgehead atoms. The van der Waals surface area contributed by atoms with Crippen LogP contribution in [0.25, 0.3) is 0 Å². The molecule has 0 radical (unpaired) electrons. The summed E-state index contributed by atoms with van der Waals surface area (Å²) in [5, 5.41) is 0. The first-order valence-corrected chi connectivity index (χ1v) is 20.4. The van der Waals surface area contributed by atoms with Gasteiger partial charge in [0, 0.05) is 0 Å². The molecule has 0 N–H and O–H groups in total. The van der Waals surface area contributed by atoms with Crippen LogP contribution in [0.4, 0.5) is 0 Å². The van der Waals surface area contributed by atoms with Crippen molar-refractivity contribution in [3.63, 3.8) is 0 Å². The summed E-state index contributed by atoms with van der Waals surface area (Å²) >= 11 is 0. The summed E-state index contributed by atoms with van der Waals surface area (Å²) < 4.78 is 66.4. The van der Waals surface area contributed by atoms with Crippen molar-refractivity contribution in [2.24, 2.45) is 0 Å². The maximum absolute atomic E-state index is 12.2. The van der Waals surface area contributed by atoms with Crippen molar-refractivity contribution in [2.45, 2.75) is 133 Å². The minimum atomic E-state index is -0.741. The van der Waals surface area contributed by atoms with E-state index in [9.17, 15) is 28.8 Å². The number of carbonyl (C=O) groups is 6. The summed E-state index contributed by atoms with van der Waals surface area (Å²) in [7, 11) is 0. The lowest BCUT2D eigenvalue weighted by molar-refractivity contribution is -0.162. The van der Waals surface area contributed by atoms with Crippen molar-refractivity contribution in [1.82, 2.24) is 0 Å². The molecule has 0 unspecified atom stereocenters. The number of hydrogen-bond donors (Lipinski definition) is 0. The van der Waals surface area contributed by atoms with Gasteiger partial charge in [-0.1, -0.05) is 38.5 Å². The number of esters is 6. The summed E-state index contributed by atoms with van der Waals surface area (Å²) in [6.07, 6.45) is 7.03. The summed E-state index contributed by atoms with van der Waals surface area (Å²) in [6, 6.07) is 0. The molecule has 1 heterocycles. The van der Waals surface area contributed by atoms with Crippen LogP contribution in [0.1, 0.15) is 96.3 Å². The van der Waals surface area contributed by atoms with E-state index in [4.69, 9.17) is 56.8 Å². The molecule has 1 saturated heterocycles. The summed E-state index contributed by atoms with van der Waals surface area (Å²) in [5.74, 6) is -4.44. The van der Waals surface area contributed by atoms with Crippen molar-refractivity contribution < 1.29 is 85.6 Å². The summed E-state index contributed by atoms with van der Waals surface area (Å²) in [6.45, 7) is 0.337. The van der Waals surface area contributed by atoms with Crippen LogP contribution in [0, 0.1) is 0 Å². The van der Waals surface area contributed by atoms with Crippen LogP contribution in [0.5, 0.6) is 0 Å². The summed E-state index contributed by atoms with van der Waals surface area (Å²) in [4.78, 5) is 73.1. The molecule has 4 fully saturated rings. The van der Waals surface area contributed by atoms with Crippen molar-refractivity contribution in [1.29, 1.82) is 0 Å². The van der Waals surface area contributed by atoms with E-state index in [2.05, 4.69) is 0 Å². The largest absolute Gasteiger partial charge is 0.463 e. The zero-order chi connectivity index (χ0) is 40.5. The fourth-order valence-electron chi connectivity index (χ4n) is 7.12. The molecule has 324 valence electrons. The van der Waals surface area contributed by atoms with Gasteiger partial charge in [-0.3, -0.25) is 28.8 Å². The third-order valence-corrected chi connectivity index (χ3v) is 9.86. The van der Waals surface area contributed by atoms with Gasteiger partial charge in [-0.2, -0.15) is 0 Å². The first kappa shape index (κ1) is 46.3. The second-order valence-electron chi connectivity index (χ2n) is 14.2. The lowest BCUT2D eigenvalue weighted by Gasteiger charge is -2.31. The fourth-order valence-corrected chi connectivity index (χ4v) is 7.12. The average Bonchev–Trinajstić information content (AvgIpc) is 3.19. The highest BCUT2D eigenvalue weighted by Gasteiger charge is 2.29. The average molecular weight is 817 g/mol. The predicted octanol–water partition coefficient (Wildman–Crippen LogP) is 2.46. The third-order valence-electron chi connectivity index (χ3n) is 9.86. The quantitative estimate of drug-likeness (QED) is 0.195. The molecule has 4 rings (SSSR count). The van der Waals surface area contributed by atoms with Gasteiger partial charge in [-0.15, -0.1) is 0 Å². The zero-order valence-corrected chi connectivity index (χ0v) is 32.9. The number of cyclic esters (lactones) is 6. The molecular formula is C39H60O18.